The van der Waals surface area contributed by atoms with Crippen LogP contribution in [-0.4, -0.2) is 56.1 Å². The zero-order chi connectivity index (χ0) is 18.4. The number of rotatable bonds is 2. The van der Waals surface area contributed by atoms with Gasteiger partial charge in [0.25, 0.3) is 0 Å². The molecule has 5 heteroatoms. The fourth-order valence-corrected chi connectivity index (χ4v) is 4.66. The van der Waals surface area contributed by atoms with Crippen LogP contribution in [0, 0.1) is 0 Å². The van der Waals surface area contributed by atoms with Gasteiger partial charge in [-0.05, 0) is 0 Å². The zero-order valence-electron chi connectivity index (χ0n) is 15.7. The molecule has 0 N–H and O–H groups in total. The Hall–Kier alpha value is -1.76. The van der Waals surface area contributed by atoms with Crippen molar-refractivity contribution in [2.24, 2.45) is 0 Å². The van der Waals surface area contributed by atoms with Gasteiger partial charge in [0.1, 0.15) is 37.5 Å². The van der Waals surface area contributed by atoms with Gasteiger partial charge in [-0.25, -0.2) is 0 Å². The topological polar surface area (TPSA) is 36.9 Å². The first-order valence-electron chi connectivity index (χ1n) is 9.62. The van der Waals surface area contributed by atoms with E-state index in [-0.39, 0.29) is 36.9 Å². The number of ether oxygens (including phenoxy) is 4. The van der Waals surface area contributed by atoms with Gasteiger partial charge in [-0.15, -0.1) is 0 Å². The molecule has 3 fully saturated rings. The van der Waals surface area contributed by atoms with Gasteiger partial charge in [0, 0.05) is 11.1 Å². The highest BCUT2D eigenvalue weighted by Gasteiger charge is 2.62. The smallest absolute Gasteiger partial charge is 0.184 e. The van der Waals surface area contributed by atoms with Crippen molar-refractivity contribution in [3.05, 3.63) is 71.8 Å². The lowest BCUT2D eigenvalue weighted by Gasteiger charge is -2.41. The van der Waals surface area contributed by atoms with E-state index in [1.165, 1.54) is 0 Å². The average molecular weight is 368 g/mol. The number of quaternary nitrogens is 1. The van der Waals surface area contributed by atoms with Crippen LogP contribution in [0.1, 0.15) is 23.7 Å². The van der Waals surface area contributed by atoms with Gasteiger partial charge in [-0.2, -0.15) is 0 Å². The van der Waals surface area contributed by atoms with Crippen molar-refractivity contribution in [3.63, 3.8) is 0 Å². The monoisotopic (exact) mass is 368 g/mol. The minimum Gasteiger partial charge on any atom is -0.342 e. The molecule has 0 aliphatic carbocycles. The Morgan fingerprint density at radius 3 is 1.48 bits per heavy atom. The van der Waals surface area contributed by atoms with Crippen molar-refractivity contribution >= 4 is 0 Å². The third-order valence-corrected chi connectivity index (χ3v) is 6.33. The van der Waals surface area contributed by atoms with Gasteiger partial charge in [-0.3, -0.25) is 0 Å². The molecule has 142 valence electrons. The molecule has 2 aromatic rings. The summed E-state index contributed by atoms with van der Waals surface area (Å²) >= 11 is 0. The highest BCUT2D eigenvalue weighted by Crippen LogP contribution is 2.44. The summed E-state index contributed by atoms with van der Waals surface area (Å²) in [6.07, 6.45) is -0.709. The Bertz CT molecular complexity index is 716. The lowest BCUT2D eigenvalue weighted by molar-refractivity contribution is -0.932. The molecule has 0 spiro atoms. The zero-order valence-corrected chi connectivity index (χ0v) is 15.7. The van der Waals surface area contributed by atoms with Crippen molar-refractivity contribution in [1.82, 2.24) is 0 Å². The van der Waals surface area contributed by atoms with Crippen LogP contribution in [0.2, 0.25) is 0 Å². The van der Waals surface area contributed by atoms with E-state index in [1.54, 1.807) is 0 Å². The molecule has 3 aliphatic rings. The number of likely N-dealkylation sites (N-methyl/N-ethyl adjacent to an activating group) is 1. The van der Waals surface area contributed by atoms with Crippen molar-refractivity contribution in [2.45, 2.75) is 36.9 Å². The number of likely N-dealkylation sites (tertiary alicyclic amines) is 1. The largest absolute Gasteiger partial charge is 0.342 e. The number of fused-ring (bicyclic) bond motifs is 3. The van der Waals surface area contributed by atoms with E-state index in [0.29, 0.717) is 13.2 Å². The predicted octanol–water partition coefficient (Wildman–Crippen LogP) is 3.04. The lowest BCUT2D eigenvalue weighted by atomic mass is 10.0. The molecule has 5 rings (SSSR count). The first-order chi connectivity index (χ1) is 13.1. The molecule has 3 aliphatic heterocycles. The second kappa shape index (κ2) is 6.69. The van der Waals surface area contributed by atoms with Crippen molar-refractivity contribution in [1.29, 1.82) is 0 Å². The molecule has 3 saturated heterocycles. The minimum absolute atomic E-state index is 0.0148. The molecule has 0 radical (unpaired) electrons. The SMILES string of the molecule is C[N+]1(C)[C@H]2COC(c3ccccc3)O[C@H]2[C@@H]2OC(c3ccccc3)OC[C@@H]21. The van der Waals surface area contributed by atoms with Gasteiger partial charge in [0.05, 0.1) is 14.1 Å². The summed E-state index contributed by atoms with van der Waals surface area (Å²) in [5, 5.41) is 0. The van der Waals surface area contributed by atoms with Gasteiger partial charge in [0.2, 0.25) is 0 Å². The lowest BCUT2D eigenvalue weighted by Crippen LogP contribution is -2.57. The van der Waals surface area contributed by atoms with Crippen molar-refractivity contribution in [3.8, 4) is 0 Å². The van der Waals surface area contributed by atoms with Crippen LogP contribution in [0.15, 0.2) is 60.7 Å². The van der Waals surface area contributed by atoms with Gasteiger partial charge < -0.3 is 23.4 Å². The Morgan fingerprint density at radius 1 is 0.667 bits per heavy atom. The number of hydrogen-bond acceptors (Lipinski definition) is 4. The summed E-state index contributed by atoms with van der Waals surface area (Å²) in [6.45, 7) is 1.31. The predicted molar refractivity (Wildman–Crippen MR) is 99.7 cm³/mol. The van der Waals surface area contributed by atoms with E-state index >= 15 is 0 Å². The molecule has 6 atom stereocenters. The summed E-state index contributed by atoms with van der Waals surface area (Å²) in [7, 11) is 4.46. The number of nitrogens with zero attached hydrogens (tertiary/aromatic N) is 1. The molecule has 0 aromatic heterocycles. The average Bonchev–Trinajstić information content (AvgIpc) is 2.96. The van der Waals surface area contributed by atoms with E-state index in [9.17, 15) is 0 Å². The Balaban J connectivity index is 1.41. The van der Waals surface area contributed by atoms with Crippen LogP contribution in [0.5, 0.6) is 0 Å². The van der Waals surface area contributed by atoms with Gasteiger partial charge >= 0.3 is 0 Å². The molecule has 2 unspecified atom stereocenters. The summed E-state index contributed by atoms with van der Waals surface area (Å²) in [5.74, 6) is 0. The van der Waals surface area contributed by atoms with E-state index in [0.717, 1.165) is 15.6 Å². The molecular formula is C22H26NO4+. The highest BCUT2D eigenvalue weighted by atomic mass is 16.7. The maximum Gasteiger partial charge on any atom is 0.184 e. The molecule has 2 aromatic carbocycles. The van der Waals surface area contributed by atoms with E-state index in [4.69, 9.17) is 18.9 Å². The third kappa shape index (κ3) is 2.91. The minimum atomic E-state index is -0.340. The fraction of sp³-hybridized carbons (Fsp3) is 0.455. The second-order valence-electron chi connectivity index (χ2n) is 8.12. The van der Waals surface area contributed by atoms with Crippen LogP contribution in [0.25, 0.3) is 0 Å². The maximum atomic E-state index is 6.47. The second-order valence-corrected chi connectivity index (χ2v) is 8.12. The van der Waals surface area contributed by atoms with Gasteiger partial charge in [0.15, 0.2) is 12.6 Å². The first-order valence-corrected chi connectivity index (χ1v) is 9.62. The van der Waals surface area contributed by atoms with Crippen LogP contribution in [0.4, 0.5) is 0 Å². The van der Waals surface area contributed by atoms with E-state index < -0.39 is 0 Å². The summed E-state index contributed by atoms with van der Waals surface area (Å²) < 4.78 is 25.9. The molecule has 3 heterocycles. The maximum absolute atomic E-state index is 6.47. The van der Waals surface area contributed by atoms with E-state index in [1.807, 2.05) is 36.4 Å². The standard InChI is InChI=1S/C22H26NO4/c1-23(2)17-13-24-21(15-9-5-3-6-10-15)26-19(17)20-18(23)14-25-22(27-20)16-11-7-4-8-12-16/h3-12,17-22H,13-14H2,1-2H3/q+1/t17-,18-,19+,20+,21?,22?/m0/s1. The van der Waals surface area contributed by atoms with Crippen molar-refractivity contribution < 1.29 is 23.4 Å². The Labute approximate surface area is 160 Å². The normalized spacial score (nSPS) is 37.4. The first kappa shape index (κ1) is 17.3. The molecule has 5 nitrogen and oxygen atoms in total. The number of benzene rings is 2. The Kier molecular flexibility index (Phi) is 4.30. The molecular weight excluding hydrogens is 342 g/mol. The molecule has 0 amide bonds. The van der Waals surface area contributed by atoms with Crippen LogP contribution >= 0.6 is 0 Å². The van der Waals surface area contributed by atoms with Crippen LogP contribution in [-0.2, 0) is 18.9 Å². The molecule has 0 bridgehead atoms. The Morgan fingerprint density at radius 2 is 1.07 bits per heavy atom. The summed E-state index contributed by atoms with van der Waals surface area (Å²) in [4.78, 5) is 0. The fourth-order valence-electron chi connectivity index (χ4n) is 4.66. The summed E-state index contributed by atoms with van der Waals surface area (Å²) in [5.41, 5.74) is 2.10. The number of hydrogen-bond donors (Lipinski definition) is 0. The highest BCUT2D eigenvalue weighted by molar-refractivity contribution is 5.18. The van der Waals surface area contributed by atoms with Crippen LogP contribution < -0.4 is 0 Å². The quantitative estimate of drug-likeness (QED) is 0.764. The summed E-state index contributed by atoms with van der Waals surface area (Å²) in [6, 6.07) is 20.7. The molecule has 27 heavy (non-hydrogen) atoms. The third-order valence-electron chi connectivity index (χ3n) is 6.33. The molecule has 0 saturated carbocycles. The van der Waals surface area contributed by atoms with Gasteiger partial charge in [-0.1, -0.05) is 60.7 Å². The van der Waals surface area contributed by atoms with Crippen molar-refractivity contribution in [2.75, 3.05) is 27.3 Å². The van der Waals surface area contributed by atoms with Crippen LogP contribution in [0.3, 0.4) is 0 Å². The van der Waals surface area contributed by atoms with E-state index in [2.05, 4.69) is 38.4 Å².